The van der Waals surface area contributed by atoms with Crippen LogP contribution in [0.1, 0.15) is 18.9 Å². The topological polar surface area (TPSA) is 70.5 Å². The van der Waals surface area contributed by atoms with Crippen molar-refractivity contribution in [1.82, 2.24) is 8.94 Å². The molecule has 1 fully saturated rings. The van der Waals surface area contributed by atoms with Crippen LogP contribution in [-0.4, -0.2) is 15.2 Å². The van der Waals surface area contributed by atoms with Crippen LogP contribution in [0.2, 0.25) is 0 Å². The third kappa shape index (κ3) is 2.19. The summed E-state index contributed by atoms with van der Waals surface area (Å²) in [6, 6.07) is 3.07. The number of fused-ring (bicyclic) bond motifs is 2. The minimum Gasteiger partial charge on any atom is -0.327 e. The van der Waals surface area contributed by atoms with Gasteiger partial charge in [-0.25, -0.2) is 9.40 Å². The highest BCUT2D eigenvalue weighted by Gasteiger charge is 2.29. The highest BCUT2D eigenvalue weighted by Crippen LogP contribution is 2.40. The molecule has 1 aromatic carbocycles. The SMILES string of the molecule is O=c1[nH]sc2c1c(=O)c1cc(F)c(N3C=CC=CC=N3)cc1n2C1CC1. The first-order valence-corrected chi connectivity index (χ1v) is 9.02. The Hall–Kier alpha value is -3.00. The molecule has 0 bridgehead atoms. The molecule has 1 saturated carbocycles. The molecule has 6 nitrogen and oxygen atoms in total. The molecule has 2 aliphatic rings. The molecule has 0 spiro atoms. The number of rotatable bonds is 2. The summed E-state index contributed by atoms with van der Waals surface area (Å²) in [6.07, 6.45) is 10.5. The summed E-state index contributed by atoms with van der Waals surface area (Å²) in [5.41, 5.74) is 0.0283. The lowest BCUT2D eigenvalue weighted by Crippen LogP contribution is -2.16. The predicted molar refractivity (Wildman–Crippen MR) is 102 cm³/mol. The van der Waals surface area contributed by atoms with Crippen molar-refractivity contribution in [3.63, 3.8) is 0 Å². The van der Waals surface area contributed by atoms with E-state index in [2.05, 4.69) is 9.47 Å². The van der Waals surface area contributed by atoms with E-state index in [4.69, 9.17) is 0 Å². The first-order chi connectivity index (χ1) is 12.6. The second kappa shape index (κ2) is 5.50. The number of H-pyrrole nitrogens is 1. The smallest absolute Gasteiger partial charge is 0.271 e. The van der Waals surface area contributed by atoms with Crippen molar-refractivity contribution in [3.05, 3.63) is 63.0 Å². The Balaban J connectivity index is 1.88. The van der Waals surface area contributed by atoms with Crippen LogP contribution < -0.4 is 16.0 Å². The van der Waals surface area contributed by atoms with Gasteiger partial charge in [-0.2, -0.15) is 5.10 Å². The molecule has 0 unspecified atom stereocenters. The Kier molecular flexibility index (Phi) is 3.23. The molecule has 0 atom stereocenters. The molecule has 1 aliphatic carbocycles. The van der Waals surface area contributed by atoms with Gasteiger partial charge in [0.2, 0.25) is 5.43 Å². The number of benzene rings is 1. The van der Waals surface area contributed by atoms with Crippen molar-refractivity contribution in [2.45, 2.75) is 18.9 Å². The van der Waals surface area contributed by atoms with Crippen molar-refractivity contribution >= 4 is 44.6 Å². The highest BCUT2D eigenvalue weighted by molar-refractivity contribution is 7.12. The molecule has 3 heterocycles. The molecular weight excluding hydrogens is 355 g/mol. The summed E-state index contributed by atoms with van der Waals surface area (Å²) in [7, 11) is 0. The standard InChI is InChI=1S/C18H13FN4O2S/c19-12-8-11-13(9-14(12)22-7-3-1-2-6-20-22)23(10-4-5-10)18-15(16(11)24)17(25)21-26-18/h1-3,6-10H,4-5H2,(H,21,25). The monoisotopic (exact) mass is 368 g/mol. The molecule has 2 aromatic heterocycles. The van der Waals surface area contributed by atoms with Gasteiger partial charge in [-0.15, -0.1) is 0 Å². The third-order valence-corrected chi connectivity index (χ3v) is 5.46. The number of anilines is 1. The van der Waals surface area contributed by atoms with E-state index in [9.17, 15) is 14.0 Å². The van der Waals surface area contributed by atoms with Crippen LogP contribution >= 0.6 is 11.5 Å². The fourth-order valence-electron chi connectivity index (χ4n) is 3.25. The molecule has 5 rings (SSSR count). The Morgan fingerprint density at radius 1 is 1.19 bits per heavy atom. The number of halogens is 1. The first-order valence-electron chi connectivity index (χ1n) is 8.21. The van der Waals surface area contributed by atoms with Gasteiger partial charge in [0.05, 0.1) is 5.52 Å². The van der Waals surface area contributed by atoms with E-state index in [1.165, 1.54) is 11.1 Å². The number of aromatic amines is 1. The Morgan fingerprint density at radius 3 is 2.85 bits per heavy atom. The van der Waals surface area contributed by atoms with E-state index in [0.29, 0.717) is 10.3 Å². The third-order valence-electron chi connectivity index (χ3n) is 4.58. The van der Waals surface area contributed by atoms with Crippen LogP contribution in [-0.2, 0) is 0 Å². The van der Waals surface area contributed by atoms with Gasteiger partial charge in [0.25, 0.3) is 5.56 Å². The van der Waals surface area contributed by atoms with Crippen molar-refractivity contribution in [2.24, 2.45) is 5.10 Å². The lowest BCUT2D eigenvalue weighted by molar-refractivity contribution is 0.627. The number of nitrogens with zero attached hydrogens (tertiary/aromatic N) is 3. The lowest BCUT2D eigenvalue weighted by atomic mass is 10.1. The van der Waals surface area contributed by atoms with Crippen LogP contribution in [0.4, 0.5) is 10.1 Å². The second-order valence-electron chi connectivity index (χ2n) is 6.30. The van der Waals surface area contributed by atoms with E-state index in [1.807, 2.05) is 4.57 Å². The number of aromatic nitrogens is 2. The van der Waals surface area contributed by atoms with Crippen LogP contribution in [0.3, 0.4) is 0 Å². The van der Waals surface area contributed by atoms with Gasteiger partial charge in [0.15, 0.2) is 0 Å². The second-order valence-corrected chi connectivity index (χ2v) is 7.09. The molecule has 130 valence electrons. The van der Waals surface area contributed by atoms with Gasteiger partial charge < -0.3 is 4.57 Å². The Labute approximate surface area is 150 Å². The number of nitrogens with one attached hydrogen (secondary N) is 1. The Bertz CT molecular complexity index is 1240. The number of hydrogen-bond acceptors (Lipinski definition) is 5. The number of allylic oxidation sites excluding steroid dienone is 3. The first kappa shape index (κ1) is 15.3. The van der Waals surface area contributed by atoms with Crippen LogP contribution in [0.15, 0.2) is 51.3 Å². The average Bonchev–Trinajstić information content (AvgIpc) is 3.42. The zero-order chi connectivity index (χ0) is 17.8. The van der Waals surface area contributed by atoms with Gasteiger partial charge in [0, 0.05) is 23.8 Å². The van der Waals surface area contributed by atoms with E-state index in [1.54, 1.807) is 36.7 Å². The van der Waals surface area contributed by atoms with E-state index in [0.717, 1.165) is 24.4 Å². The fraction of sp³-hybridized carbons (Fsp3) is 0.167. The number of hydrogen-bond donors (Lipinski definition) is 1. The molecular formula is C18H13FN4O2S. The van der Waals surface area contributed by atoms with Crippen molar-refractivity contribution < 1.29 is 4.39 Å². The maximum absolute atomic E-state index is 14.8. The number of hydrazone groups is 1. The lowest BCUT2D eigenvalue weighted by Gasteiger charge is -2.17. The molecule has 3 aromatic rings. The summed E-state index contributed by atoms with van der Waals surface area (Å²) in [6.45, 7) is 0. The largest absolute Gasteiger partial charge is 0.327 e. The molecule has 1 aliphatic heterocycles. The fourth-order valence-corrected chi connectivity index (χ4v) is 4.17. The average molecular weight is 368 g/mol. The maximum Gasteiger partial charge on any atom is 0.271 e. The summed E-state index contributed by atoms with van der Waals surface area (Å²) >= 11 is 1.15. The summed E-state index contributed by atoms with van der Waals surface area (Å²) in [5, 5.41) is 5.95. The van der Waals surface area contributed by atoms with Gasteiger partial charge >= 0.3 is 0 Å². The summed E-state index contributed by atoms with van der Waals surface area (Å²) in [4.78, 5) is 25.5. The molecule has 0 radical (unpaired) electrons. The van der Waals surface area contributed by atoms with Crippen LogP contribution in [0, 0.1) is 5.82 Å². The van der Waals surface area contributed by atoms with Crippen molar-refractivity contribution in [1.29, 1.82) is 0 Å². The van der Waals surface area contributed by atoms with Gasteiger partial charge in [-0.1, -0.05) is 6.08 Å². The van der Waals surface area contributed by atoms with Crippen LogP contribution in [0.25, 0.3) is 21.1 Å². The molecule has 0 saturated heterocycles. The molecule has 1 N–H and O–H groups in total. The minimum absolute atomic E-state index is 0.110. The zero-order valence-electron chi connectivity index (χ0n) is 13.5. The zero-order valence-corrected chi connectivity index (χ0v) is 14.3. The summed E-state index contributed by atoms with van der Waals surface area (Å²) < 4.78 is 19.4. The quantitative estimate of drug-likeness (QED) is 0.755. The van der Waals surface area contributed by atoms with E-state index in [-0.39, 0.29) is 22.5 Å². The van der Waals surface area contributed by atoms with Gasteiger partial charge in [0.1, 0.15) is 21.7 Å². The van der Waals surface area contributed by atoms with Crippen LogP contribution in [0.5, 0.6) is 0 Å². The van der Waals surface area contributed by atoms with Crippen molar-refractivity contribution in [2.75, 3.05) is 5.01 Å². The van der Waals surface area contributed by atoms with E-state index < -0.39 is 16.8 Å². The van der Waals surface area contributed by atoms with Gasteiger partial charge in [-0.3, -0.25) is 14.0 Å². The molecule has 26 heavy (non-hydrogen) atoms. The van der Waals surface area contributed by atoms with Gasteiger partial charge in [-0.05, 0) is 48.7 Å². The molecule has 0 amide bonds. The predicted octanol–water partition coefficient (Wildman–Crippen LogP) is 3.25. The van der Waals surface area contributed by atoms with E-state index >= 15 is 0 Å². The normalized spacial score (nSPS) is 16.7. The maximum atomic E-state index is 14.8. The Morgan fingerprint density at radius 2 is 2.04 bits per heavy atom. The summed E-state index contributed by atoms with van der Waals surface area (Å²) in [5.74, 6) is -0.563. The minimum atomic E-state index is -0.563. The number of pyridine rings is 1. The highest BCUT2D eigenvalue weighted by atomic mass is 32.1. The molecule has 8 heteroatoms. The van der Waals surface area contributed by atoms with Crippen molar-refractivity contribution in [3.8, 4) is 0 Å².